The average Bonchev–Trinajstić information content (AvgIpc) is 2.82. The largest absolute Gasteiger partial charge is 0.290 e. The summed E-state index contributed by atoms with van der Waals surface area (Å²) in [5.41, 5.74) is 4.88. The number of thiazole rings is 1. The highest BCUT2D eigenvalue weighted by Crippen LogP contribution is 2.25. The van der Waals surface area contributed by atoms with Gasteiger partial charge in [-0.25, -0.2) is 10.8 Å². The number of hydrazine groups is 1. The van der Waals surface area contributed by atoms with E-state index in [0.717, 1.165) is 21.3 Å². The van der Waals surface area contributed by atoms with Crippen LogP contribution in [0.3, 0.4) is 0 Å². The first kappa shape index (κ1) is 13.1. The van der Waals surface area contributed by atoms with Gasteiger partial charge in [-0.1, -0.05) is 23.9 Å². The van der Waals surface area contributed by atoms with Gasteiger partial charge in [0.1, 0.15) is 4.34 Å². The van der Waals surface area contributed by atoms with E-state index in [1.165, 1.54) is 0 Å². The molecule has 1 aromatic carbocycles. The lowest BCUT2D eigenvalue weighted by Gasteiger charge is -2.02. The van der Waals surface area contributed by atoms with Crippen LogP contribution in [-0.4, -0.2) is 10.9 Å². The van der Waals surface area contributed by atoms with Crippen molar-refractivity contribution in [3.8, 4) is 0 Å². The summed E-state index contributed by atoms with van der Waals surface area (Å²) in [6, 6.07) is 7.40. The molecule has 4 nitrogen and oxygen atoms in total. The molecule has 18 heavy (non-hydrogen) atoms. The minimum atomic E-state index is -0.273. The highest BCUT2D eigenvalue weighted by Gasteiger charge is 2.04. The zero-order valence-electron chi connectivity index (χ0n) is 9.84. The van der Waals surface area contributed by atoms with Crippen molar-refractivity contribution in [2.45, 2.75) is 17.0 Å². The van der Waals surface area contributed by atoms with Crippen LogP contribution in [0.25, 0.3) is 0 Å². The van der Waals surface area contributed by atoms with E-state index in [0.29, 0.717) is 5.56 Å². The average molecular weight is 279 g/mol. The number of thioether (sulfide) groups is 1. The molecule has 6 heteroatoms. The Kier molecular flexibility index (Phi) is 4.35. The van der Waals surface area contributed by atoms with E-state index in [1.54, 1.807) is 35.2 Å². The monoisotopic (exact) mass is 279 g/mol. The number of nitrogens with two attached hydrogens (primary N) is 1. The predicted octanol–water partition coefficient (Wildman–Crippen LogP) is 2.35. The second kappa shape index (κ2) is 5.99. The number of nitrogen functional groups attached to an aromatic ring is 1. The quantitative estimate of drug-likeness (QED) is 0.390. The van der Waals surface area contributed by atoms with Crippen molar-refractivity contribution in [2.75, 3.05) is 0 Å². The molecule has 0 atom stereocenters. The Morgan fingerprint density at radius 1 is 1.44 bits per heavy atom. The molecular formula is C12H13N3OS2. The van der Waals surface area contributed by atoms with E-state index < -0.39 is 0 Å². The summed E-state index contributed by atoms with van der Waals surface area (Å²) < 4.78 is 1.07. The van der Waals surface area contributed by atoms with E-state index in [1.807, 2.05) is 24.4 Å². The Balaban J connectivity index is 1.96. The normalized spacial score (nSPS) is 10.3. The Morgan fingerprint density at radius 3 is 2.72 bits per heavy atom. The molecule has 0 radical (unpaired) electrons. The molecule has 1 heterocycles. The molecule has 3 N–H and O–H groups in total. The Hall–Kier alpha value is -1.37. The smallest absolute Gasteiger partial charge is 0.265 e. The van der Waals surface area contributed by atoms with Crippen molar-refractivity contribution in [3.05, 3.63) is 46.5 Å². The Bertz CT molecular complexity index is 537. The molecule has 94 valence electrons. The van der Waals surface area contributed by atoms with Crippen LogP contribution in [0.4, 0.5) is 0 Å². The fourth-order valence-electron chi connectivity index (χ4n) is 1.38. The molecule has 0 aliphatic rings. The molecule has 1 aromatic heterocycles. The van der Waals surface area contributed by atoms with Crippen molar-refractivity contribution >= 4 is 29.0 Å². The second-order valence-electron chi connectivity index (χ2n) is 3.71. The Labute approximate surface area is 114 Å². The molecule has 0 spiro atoms. The molecule has 2 rings (SSSR count). The van der Waals surface area contributed by atoms with Crippen LogP contribution >= 0.6 is 23.1 Å². The van der Waals surface area contributed by atoms with Crippen LogP contribution in [0.2, 0.25) is 0 Å². The number of nitrogens with one attached hydrogen (secondary N) is 1. The minimum absolute atomic E-state index is 0.273. The third-order valence-electron chi connectivity index (χ3n) is 2.31. The highest BCUT2D eigenvalue weighted by molar-refractivity contribution is 8.00. The maximum atomic E-state index is 11.3. The summed E-state index contributed by atoms with van der Waals surface area (Å²) in [7, 11) is 0. The van der Waals surface area contributed by atoms with Gasteiger partial charge in [-0.3, -0.25) is 10.2 Å². The third-order valence-corrected chi connectivity index (χ3v) is 4.52. The van der Waals surface area contributed by atoms with Gasteiger partial charge in [0.15, 0.2) is 0 Å². The zero-order valence-corrected chi connectivity index (χ0v) is 11.5. The van der Waals surface area contributed by atoms with Gasteiger partial charge < -0.3 is 0 Å². The van der Waals surface area contributed by atoms with E-state index in [-0.39, 0.29) is 5.91 Å². The number of amides is 1. The zero-order chi connectivity index (χ0) is 13.0. The number of aromatic nitrogens is 1. The van der Waals surface area contributed by atoms with Crippen molar-refractivity contribution in [1.82, 2.24) is 10.4 Å². The lowest BCUT2D eigenvalue weighted by Crippen LogP contribution is -2.29. The lowest BCUT2D eigenvalue weighted by molar-refractivity contribution is 0.0953. The van der Waals surface area contributed by atoms with E-state index in [2.05, 4.69) is 10.4 Å². The molecular weight excluding hydrogens is 266 g/mol. The van der Waals surface area contributed by atoms with Crippen LogP contribution in [0, 0.1) is 6.92 Å². The van der Waals surface area contributed by atoms with Gasteiger partial charge in [0, 0.05) is 22.4 Å². The summed E-state index contributed by atoms with van der Waals surface area (Å²) in [6.07, 6.45) is 0. The fourth-order valence-corrected chi connectivity index (χ4v) is 3.18. The van der Waals surface area contributed by atoms with Crippen LogP contribution in [-0.2, 0) is 5.75 Å². The SMILES string of the molecule is Cc1csc(SCc2ccc(C(=O)NN)cc2)n1. The predicted molar refractivity (Wildman–Crippen MR) is 74.5 cm³/mol. The number of carbonyl (C=O) groups is 1. The first-order valence-corrected chi connectivity index (χ1v) is 7.20. The molecule has 0 saturated carbocycles. The first-order valence-electron chi connectivity index (χ1n) is 5.34. The number of aryl methyl sites for hydroxylation is 1. The number of carbonyl (C=O) groups excluding carboxylic acids is 1. The van der Waals surface area contributed by atoms with Gasteiger partial charge in [0.05, 0.1) is 0 Å². The topological polar surface area (TPSA) is 68.0 Å². The molecule has 0 fully saturated rings. The first-order chi connectivity index (χ1) is 8.69. The van der Waals surface area contributed by atoms with Crippen LogP contribution < -0.4 is 11.3 Å². The lowest BCUT2D eigenvalue weighted by atomic mass is 10.1. The molecule has 1 amide bonds. The number of benzene rings is 1. The van der Waals surface area contributed by atoms with Crippen molar-refractivity contribution in [1.29, 1.82) is 0 Å². The third kappa shape index (κ3) is 3.32. The van der Waals surface area contributed by atoms with E-state index in [9.17, 15) is 4.79 Å². The summed E-state index contributed by atoms with van der Waals surface area (Å²) in [6.45, 7) is 1.99. The molecule has 2 aromatic rings. The van der Waals surface area contributed by atoms with Crippen molar-refractivity contribution in [3.63, 3.8) is 0 Å². The Morgan fingerprint density at radius 2 is 2.17 bits per heavy atom. The fraction of sp³-hybridized carbons (Fsp3) is 0.167. The number of hydrogen-bond acceptors (Lipinski definition) is 5. The maximum Gasteiger partial charge on any atom is 0.265 e. The van der Waals surface area contributed by atoms with Crippen LogP contribution in [0.5, 0.6) is 0 Å². The minimum Gasteiger partial charge on any atom is -0.290 e. The summed E-state index contributed by atoms with van der Waals surface area (Å²) in [5, 5.41) is 2.04. The van der Waals surface area contributed by atoms with E-state index >= 15 is 0 Å². The summed E-state index contributed by atoms with van der Waals surface area (Å²) in [4.78, 5) is 15.6. The van der Waals surface area contributed by atoms with Crippen molar-refractivity contribution < 1.29 is 4.79 Å². The van der Waals surface area contributed by atoms with Crippen LogP contribution in [0.15, 0.2) is 34.0 Å². The molecule has 0 unspecified atom stereocenters. The van der Waals surface area contributed by atoms with Gasteiger partial charge >= 0.3 is 0 Å². The molecule has 0 aliphatic heterocycles. The van der Waals surface area contributed by atoms with Gasteiger partial charge in [-0.2, -0.15) is 0 Å². The molecule has 0 aliphatic carbocycles. The standard InChI is InChI=1S/C12H13N3OS2/c1-8-6-17-12(14-8)18-7-9-2-4-10(5-3-9)11(16)15-13/h2-6H,7,13H2,1H3,(H,15,16). The molecule has 0 bridgehead atoms. The van der Waals surface area contributed by atoms with Crippen LogP contribution in [0.1, 0.15) is 21.6 Å². The molecule has 0 saturated heterocycles. The summed E-state index contributed by atoms with van der Waals surface area (Å²) in [5.74, 6) is 5.64. The second-order valence-corrected chi connectivity index (χ2v) is 5.79. The highest BCUT2D eigenvalue weighted by atomic mass is 32.2. The summed E-state index contributed by atoms with van der Waals surface area (Å²) >= 11 is 3.35. The maximum absolute atomic E-state index is 11.3. The van der Waals surface area contributed by atoms with Gasteiger partial charge in [0.25, 0.3) is 5.91 Å². The van der Waals surface area contributed by atoms with E-state index in [4.69, 9.17) is 5.84 Å². The van der Waals surface area contributed by atoms with Gasteiger partial charge in [-0.15, -0.1) is 11.3 Å². The van der Waals surface area contributed by atoms with Crippen molar-refractivity contribution in [2.24, 2.45) is 5.84 Å². The van der Waals surface area contributed by atoms with Gasteiger partial charge in [0.2, 0.25) is 0 Å². The number of rotatable bonds is 4. The number of nitrogens with zero attached hydrogens (tertiary/aromatic N) is 1. The number of hydrogen-bond donors (Lipinski definition) is 2. The van der Waals surface area contributed by atoms with Gasteiger partial charge in [-0.05, 0) is 24.6 Å².